The van der Waals surface area contributed by atoms with E-state index in [4.69, 9.17) is 12.8 Å². The first-order chi connectivity index (χ1) is 15.2. The van der Waals surface area contributed by atoms with E-state index in [1.54, 1.807) is 0 Å². The smallest absolute Gasteiger partial charge is 0.0000000000182 e. The van der Waals surface area contributed by atoms with Crippen molar-refractivity contribution in [3.63, 3.8) is 0 Å². The van der Waals surface area contributed by atoms with Crippen LogP contribution < -0.4 is 0 Å². The summed E-state index contributed by atoms with van der Waals surface area (Å²) in [5.41, 5.74) is 0. The second kappa shape index (κ2) is 29.1. The highest BCUT2D eigenvalue weighted by Gasteiger charge is 1.95. The molecule has 0 aromatic rings. The molecule has 0 rings (SSSR count). The third kappa shape index (κ3) is 34.8. The molecule has 0 heteroatoms. The fraction of sp³-hybridized carbons (Fsp3) is 0.548. The van der Waals surface area contributed by atoms with Crippen molar-refractivity contribution in [2.24, 2.45) is 5.92 Å². The van der Waals surface area contributed by atoms with Gasteiger partial charge in [-0.25, -0.2) is 0 Å². The van der Waals surface area contributed by atoms with Gasteiger partial charge in [0.25, 0.3) is 0 Å². The lowest BCUT2D eigenvalue weighted by Crippen LogP contribution is -1.87. The topological polar surface area (TPSA) is 0 Å². The van der Waals surface area contributed by atoms with Crippen molar-refractivity contribution in [3.05, 3.63) is 0 Å². The Balaban J connectivity index is 0. The van der Waals surface area contributed by atoms with E-state index in [9.17, 15) is 0 Å². The quantitative estimate of drug-likeness (QED) is 0.226. The molecule has 0 fully saturated rings. The lowest BCUT2D eigenvalue weighted by molar-refractivity contribution is 0.503. The van der Waals surface area contributed by atoms with Crippen LogP contribution in [0.4, 0.5) is 0 Å². The number of terminal acetylenes is 2. The maximum absolute atomic E-state index is 4.86. The van der Waals surface area contributed by atoms with Crippen molar-refractivity contribution in [2.75, 3.05) is 0 Å². The molecule has 0 aliphatic carbocycles. The number of hydrogen-bond donors (Lipinski definition) is 0. The summed E-state index contributed by atoms with van der Waals surface area (Å²) in [6, 6.07) is 0. The van der Waals surface area contributed by atoms with Gasteiger partial charge >= 0.3 is 0 Å². The SMILES string of the molecule is C#CC#CC#CC#CC#CC#CC#C.CCCCCCCCCCCCCCC(C)C. The van der Waals surface area contributed by atoms with Crippen LogP contribution in [0.25, 0.3) is 0 Å². The van der Waals surface area contributed by atoms with Crippen molar-refractivity contribution in [2.45, 2.75) is 104 Å². The van der Waals surface area contributed by atoms with Crippen molar-refractivity contribution in [1.82, 2.24) is 0 Å². The minimum atomic E-state index is 0.901. The summed E-state index contributed by atoms with van der Waals surface area (Å²) >= 11 is 0. The fourth-order valence-corrected chi connectivity index (χ4v) is 2.72. The monoisotopic (exact) mass is 410 g/mol. The third-order valence-corrected chi connectivity index (χ3v) is 4.34. The first-order valence-electron chi connectivity index (χ1n) is 11.6. The van der Waals surface area contributed by atoms with Crippen LogP contribution in [0.5, 0.6) is 0 Å². The van der Waals surface area contributed by atoms with E-state index >= 15 is 0 Å². The molecule has 0 aromatic carbocycles. The van der Waals surface area contributed by atoms with Gasteiger partial charge in [-0.2, -0.15) is 0 Å². The molecule has 0 heterocycles. The normalized spacial score (nSPS) is 7.81. The van der Waals surface area contributed by atoms with Crippen LogP contribution in [0.3, 0.4) is 0 Å². The van der Waals surface area contributed by atoms with Gasteiger partial charge in [-0.3, -0.25) is 0 Å². The third-order valence-electron chi connectivity index (χ3n) is 4.34. The van der Waals surface area contributed by atoms with Crippen molar-refractivity contribution in [1.29, 1.82) is 0 Å². The van der Waals surface area contributed by atoms with Crippen LogP contribution in [0.1, 0.15) is 104 Å². The highest BCUT2D eigenvalue weighted by molar-refractivity contribution is 5.44. The summed E-state index contributed by atoms with van der Waals surface area (Å²) in [6.45, 7) is 6.95. The van der Waals surface area contributed by atoms with E-state index < -0.39 is 0 Å². The van der Waals surface area contributed by atoms with Crippen LogP contribution in [0, 0.1) is 89.8 Å². The molecule has 0 aliphatic heterocycles. The Kier molecular flexibility index (Phi) is 28.3. The van der Waals surface area contributed by atoms with Crippen LogP contribution >= 0.6 is 0 Å². The van der Waals surface area contributed by atoms with Crippen LogP contribution in [-0.4, -0.2) is 0 Å². The van der Waals surface area contributed by atoms with E-state index in [0.717, 1.165) is 5.92 Å². The van der Waals surface area contributed by atoms with Gasteiger partial charge in [0.15, 0.2) is 0 Å². The van der Waals surface area contributed by atoms with Crippen molar-refractivity contribution in [3.8, 4) is 83.9 Å². The highest BCUT2D eigenvalue weighted by atomic mass is 14.0. The van der Waals surface area contributed by atoms with Crippen molar-refractivity contribution >= 4 is 0 Å². The predicted molar refractivity (Wildman–Crippen MR) is 137 cm³/mol. The molecule has 162 valence electrons. The molecule has 0 N–H and O–H groups in total. The standard InChI is InChI=1S/C17H36.C14H2/c1-4-5-6-7-8-9-10-11-12-13-14-15-16-17(2)3;1-3-5-7-9-11-13-14-12-10-8-6-4-2/h17H,4-16H2,1-3H3;1-2H. The largest absolute Gasteiger partial charge is 0.106 e. The predicted octanol–water partition coefficient (Wildman–Crippen LogP) is 7.00. The molecule has 0 atom stereocenters. The first kappa shape index (κ1) is 30.1. The van der Waals surface area contributed by atoms with Gasteiger partial charge < -0.3 is 0 Å². The maximum Gasteiger partial charge on any atom is -0.0000000000182 e. The molecule has 0 saturated carbocycles. The summed E-state index contributed by atoms with van der Waals surface area (Å²) in [6.07, 6.45) is 28.7. The van der Waals surface area contributed by atoms with Crippen LogP contribution in [-0.2, 0) is 0 Å². The number of unbranched alkanes of at least 4 members (excludes halogenated alkanes) is 11. The number of hydrogen-bond acceptors (Lipinski definition) is 0. The van der Waals surface area contributed by atoms with Crippen LogP contribution in [0.15, 0.2) is 0 Å². The maximum atomic E-state index is 4.86. The minimum Gasteiger partial charge on any atom is -0.106 e. The lowest BCUT2D eigenvalue weighted by atomic mass is 10.0. The Labute approximate surface area is 194 Å². The van der Waals surface area contributed by atoms with E-state index in [-0.39, 0.29) is 0 Å². The van der Waals surface area contributed by atoms with E-state index in [2.05, 4.69) is 91.8 Å². The molecular weight excluding hydrogens is 372 g/mol. The average Bonchev–Trinajstić information content (AvgIpc) is 2.76. The average molecular weight is 411 g/mol. The molecule has 0 aromatic heterocycles. The van der Waals surface area contributed by atoms with Gasteiger partial charge in [-0.05, 0) is 77.0 Å². The Hall–Kier alpha value is -3.08. The molecule has 31 heavy (non-hydrogen) atoms. The second-order valence-electron chi connectivity index (χ2n) is 7.61. The van der Waals surface area contributed by atoms with Crippen LogP contribution in [0.2, 0.25) is 0 Å². The molecule has 0 unspecified atom stereocenters. The van der Waals surface area contributed by atoms with Gasteiger partial charge in [-0.15, -0.1) is 12.8 Å². The number of rotatable bonds is 13. The zero-order valence-corrected chi connectivity index (χ0v) is 19.9. The zero-order valence-electron chi connectivity index (χ0n) is 19.9. The van der Waals surface area contributed by atoms with Gasteiger partial charge in [-0.1, -0.05) is 104 Å². The summed E-state index contributed by atoms with van der Waals surface area (Å²) < 4.78 is 0. The Bertz CT molecular complexity index is 757. The molecule has 0 radical (unpaired) electrons. The summed E-state index contributed by atoms with van der Waals surface area (Å²) in [5.74, 6) is 29.2. The van der Waals surface area contributed by atoms with Gasteiger partial charge in [0.05, 0.1) is 0 Å². The van der Waals surface area contributed by atoms with Gasteiger partial charge in [0.2, 0.25) is 0 Å². The minimum absolute atomic E-state index is 0.901. The summed E-state index contributed by atoms with van der Waals surface area (Å²) in [7, 11) is 0. The Morgan fingerprint density at radius 2 is 0.742 bits per heavy atom. The molecule has 0 bridgehead atoms. The summed E-state index contributed by atoms with van der Waals surface area (Å²) in [5, 5.41) is 0. The Morgan fingerprint density at radius 3 is 1.03 bits per heavy atom. The highest BCUT2D eigenvalue weighted by Crippen LogP contribution is 2.13. The van der Waals surface area contributed by atoms with Crippen molar-refractivity contribution < 1.29 is 0 Å². The van der Waals surface area contributed by atoms with E-state index in [1.165, 1.54) is 83.5 Å². The molecule has 0 amide bonds. The van der Waals surface area contributed by atoms with Gasteiger partial charge in [0, 0.05) is 0 Å². The van der Waals surface area contributed by atoms with E-state index in [1.807, 2.05) is 0 Å². The fourth-order valence-electron chi connectivity index (χ4n) is 2.72. The van der Waals surface area contributed by atoms with E-state index in [0.29, 0.717) is 0 Å². The molecule has 0 saturated heterocycles. The lowest BCUT2D eigenvalue weighted by Gasteiger charge is -2.04. The second-order valence-corrected chi connectivity index (χ2v) is 7.61. The molecule has 0 aliphatic rings. The Morgan fingerprint density at radius 1 is 0.452 bits per heavy atom. The molecule has 0 spiro atoms. The summed E-state index contributed by atoms with van der Waals surface area (Å²) in [4.78, 5) is 0. The first-order valence-corrected chi connectivity index (χ1v) is 11.6. The molecular formula is C31H38. The zero-order chi connectivity index (χ0) is 23.3. The van der Waals surface area contributed by atoms with Gasteiger partial charge in [0.1, 0.15) is 0 Å². The molecule has 0 nitrogen and oxygen atoms in total.